The fourth-order valence-corrected chi connectivity index (χ4v) is 4.59. The first-order valence-corrected chi connectivity index (χ1v) is 12.0. The van der Waals surface area contributed by atoms with Crippen molar-refractivity contribution in [2.75, 3.05) is 41.3 Å². The molecule has 0 bridgehead atoms. The van der Waals surface area contributed by atoms with Gasteiger partial charge in [0.25, 0.3) is 11.7 Å². The van der Waals surface area contributed by atoms with E-state index >= 15 is 0 Å². The van der Waals surface area contributed by atoms with Gasteiger partial charge in [-0.15, -0.1) is 0 Å². The third-order valence-corrected chi connectivity index (χ3v) is 7.50. The molecule has 0 aliphatic carbocycles. The fourth-order valence-electron chi connectivity index (χ4n) is 3.56. The third kappa shape index (κ3) is 4.96. The SMILES string of the molecule is CN(C)CCN1C(=O)C(=O)/C(=C(\O)c2ccc(S(=O)(=O)N(C)C)cc2)C1c1ccc(Cl)cc1. The molecule has 1 atom stereocenters. The van der Waals surface area contributed by atoms with Crippen LogP contribution in [0, 0.1) is 0 Å². The van der Waals surface area contributed by atoms with E-state index in [0.717, 1.165) is 4.31 Å². The molecule has 1 unspecified atom stereocenters. The monoisotopic (exact) mass is 491 g/mol. The van der Waals surface area contributed by atoms with Crippen LogP contribution in [-0.4, -0.2) is 80.6 Å². The number of halogens is 1. The molecule has 1 aliphatic rings. The summed E-state index contributed by atoms with van der Waals surface area (Å²) in [6.07, 6.45) is 0. The van der Waals surface area contributed by atoms with Crippen LogP contribution >= 0.6 is 11.6 Å². The molecule has 1 amide bonds. The number of aliphatic hydroxyl groups excluding tert-OH is 1. The van der Waals surface area contributed by atoms with Crippen LogP contribution in [0.15, 0.2) is 59.0 Å². The molecule has 0 saturated carbocycles. The van der Waals surface area contributed by atoms with Crippen LogP contribution in [-0.2, 0) is 19.6 Å². The molecule has 1 saturated heterocycles. The zero-order valence-electron chi connectivity index (χ0n) is 18.8. The Balaban J connectivity index is 2.11. The van der Waals surface area contributed by atoms with E-state index in [-0.39, 0.29) is 28.3 Å². The maximum atomic E-state index is 13.0. The zero-order chi connectivity index (χ0) is 24.5. The van der Waals surface area contributed by atoms with Crippen LogP contribution in [0.2, 0.25) is 5.02 Å². The normalized spacial score (nSPS) is 18.5. The van der Waals surface area contributed by atoms with Gasteiger partial charge in [-0.1, -0.05) is 23.7 Å². The van der Waals surface area contributed by atoms with Crippen LogP contribution in [0.5, 0.6) is 0 Å². The van der Waals surface area contributed by atoms with Crippen LogP contribution in [0.3, 0.4) is 0 Å². The first kappa shape index (κ1) is 24.9. The summed E-state index contributed by atoms with van der Waals surface area (Å²) in [4.78, 5) is 29.2. The highest BCUT2D eigenvalue weighted by atomic mass is 35.5. The quantitative estimate of drug-likeness (QED) is 0.363. The fraction of sp³-hybridized carbons (Fsp3) is 0.304. The summed E-state index contributed by atoms with van der Waals surface area (Å²) < 4.78 is 25.7. The third-order valence-electron chi connectivity index (χ3n) is 5.42. The summed E-state index contributed by atoms with van der Waals surface area (Å²) in [5, 5.41) is 11.6. The number of benzene rings is 2. The van der Waals surface area contributed by atoms with Crippen molar-refractivity contribution in [1.29, 1.82) is 0 Å². The van der Waals surface area contributed by atoms with Gasteiger partial charge in [-0.25, -0.2) is 12.7 Å². The highest BCUT2D eigenvalue weighted by Gasteiger charge is 2.45. The molecule has 0 radical (unpaired) electrons. The molecular formula is C23H26ClN3O5S. The number of hydrogen-bond acceptors (Lipinski definition) is 6. The van der Waals surface area contributed by atoms with Gasteiger partial charge in [0.05, 0.1) is 16.5 Å². The number of carbonyl (C=O) groups excluding carboxylic acids is 2. The van der Waals surface area contributed by atoms with Crippen molar-refractivity contribution in [3.8, 4) is 0 Å². The summed E-state index contributed by atoms with van der Waals surface area (Å²) in [6, 6.07) is 11.5. The summed E-state index contributed by atoms with van der Waals surface area (Å²) in [7, 11) is 2.91. The Morgan fingerprint density at radius 3 is 2.09 bits per heavy atom. The van der Waals surface area contributed by atoms with Gasteiger partial charge in [-0.3, -0.25) is 9.59 Å². The smallest absolute Gasteiger partial charge is 0.295 e. The number of likely N-dealkylation sites (N-methyl/N-ethyl adjacent to an activating group) is 1. The highest BCUT2D eigenvalue weighted by Crippen LogP contribution is 2.39. The van der Waals surface area contributed by atoms with Gasteiger partial charge < -0.3 is 14.9 Å². The lowest BCUT2D eigenvalue weighted by atomic mass is 9.95. The Bertz CT molecular complexity index is 1190. The van der Waals surface area contributed by atoms with Gasteiger partial charge in [-0.05, 0) is 56.1 Å². The number of hydrogen-bond donors (Lipinski definition) is 1. The van der Waals surface area contributed by atoms with E-state index in [1.165, 1.54) is 43.3 Å². The van der Waals surface area contributed by atoms with E-state index in [2.05, 4.69) is 0 Å². The van der Waals surface area contributed by atoms with Crippen molar-refractivity contribution < 1.29 is 23.1 Å². The number of rotatable bonds is 7. The summed E-state index contributed by atoms with van der Waals surface area (Å²) in [5.74, 6) is -1.86. The van der Waals surface area contributed by atoms with E-state index in [1.807, 2.05) is 19.0 Å². The Hall–Kier alpha value is -2.72. The van der Waals surface area contributed by atoms with Crippen LogP contribution in [0.1, 0.15) is 17.2 Å². The second-order valence-corrected chi connectivity index (χ2v) is 10.7. The van der Waals surface area contributed by atoms with E-state index in [1.54, 1.807) is 24.3 Å². The summed E-state index contributed by atoms with van der Waals surface area (Å²) in [5.41, 5.74) is 0.812. The molecule has 2 aromatic carbocycles. The number of amides is 1. The van der Waals surface area contributed by atoms with Crippen LogP contribution in [0.4, 0.5) is 0 Å². The molecule has 0 spiro atoms. The number of ketones is 1. The predicted octanol–water partition coefficient (Wildman–Crippen LogP) is 2.57. The number of carbonyl (C=O) groups is 2. The number of aliphatic hydroxyl groups is 1. The minimum absolute atomic E-state index is 0.0461. The standard InChI is InChI=1S/C23H26ClN3O5S/c1-25(2)13-14-27-20(15-5-9-17(24)10-6-15)19(22(29)23(27)30)21(28)16-7-11-18(12-8-16)33(31,32)26(3)4/h5-12,20,28H,13-14H2,1-4H3/b21-19-. The first-order chi connectivity index (χ1) is 15.4. The van der Waals surface area contributed by atoms with E-state index in [4.69, 9.17) is 11.6 Å². The molecule has 1 fully saturated rings. The second-order valence-electron chi connectivity index (χ2n) is 8.16. The summed E-state index contributed by atoms with van der Waals surface area (Å²) >= 11 is 6.02. The largest absolute Gasteiger partial charge is 0.507 e. The van der Waals surface area contributed by atoms with E-state index in [9.17, 15) is 23.1 Å². The maximum absolute atomic E-state index is 13.0. The Morgan fingerprint density at radius 2 is 1.58 bits per heavy atom. The Kier molecular flexibility index (Phi) is 7.28. The van der Waals surface area contributed by atoms with Gasteiger partial charge >= 0.3 is 0 Å². The van der Waals surface area contributed by atoms with Crippen molar-refractivity contribution >= 4 is 39.1 Å². The van der Waals surface area contributed by atoms with Gasteiger partial charge in [0.15, 0.2) is 0 Å². The zero-order valence-corrected chi connectivity index (χ0v) is 20.4. The van der Waals surface area contributed by atoms with Gasteiger partial charge in [0, 0.05) is 37.8 Å². The Morgan fingerprint density at radius 1 is 1.00 bits per heavy atom. The van der Waals surface area contributed by atoms with Gasteiger partial charge in [-0.2, -0.15) is 0 Å². The number of nitrogens with zero attached hydrogens (tertiary/aromatic N) is 3. The molecule has 10 heteroatoms. The molecule has 3 rings (SSSR count). The number of sulfonamides is 1. The van der Waals surface area contributed by atoms with Crippen molar-refractivity contribution in [1.82, 2.24) is 14.1 Å². The van der Waals surface area contributed by atoms with Gasteiger partial charge in [0.1, 0.15) is 5.76 Å². The van der Waals surface area contributed by atoms with E-state index in [0.29, 0.717) is 17.1 Å². The lowest BCUT2D eigenvalue weighted by Crippen LogP contribution is -2.35. The van der Waals surface area contributed by atoms with Crippen molar-refractivity contribution in [2.24, 2.45) is 0 Å². The van der Waals surface area contributed by atoms with Crippen LogP contribution < -0.4 is 0 Å². The molecule has 1 heterocycles. The average molecular weight is 492 g/mol. The van der Waals surface area contributed by atoms with Crippen LogP contribution in [0.25, 0.3) is 5.76 Å². The maximum Gasteiger partial charge on any atom is 0.295 e. The van der Waals surface area contributed by atoms with Crippen molar-refractivity contribution in [3.05, 3.63) is 70.3 Å². The minimum atomic E-state index is -3.65. The average Bonchev–Trinajstić information content (AvgIpc) is 3.02. The van der Waals surface area contributed by atoms with E-state index < -0.39 is 27.8 Å². The minimum Gasteiger partial charge on any atom is -0.507 e. The first-order valence-electron chi connectivity index (χ1n) is 10.2. The predicted molar refractivity (Wildman–Crippen MR) is 126 cm³/mol. The summed E-state index contributed by atoms with van der Waals surface area (Å²) in [6.45, 7) is 0.801. The molecule has 33 heavy (non-hydrogen) atoms. The molecule has 2 aromatic rings. The molecule has 1 aliphatic heterocycles. The Labute approximate surface area is 198 Å². The lowest BCUT2D eigenvalue weighted by Gasteiger charge is -2.26. The molecule has 0 aromatic heterocycles. The molecule has 8 nitrogen and oxygen atoms in total. The topological polar surface area (TPSA) is 98.2 Å². The molecular weight excluding hydrogens is 466 g/mol. The second kappa shape index (κ2) is 9.64. The number of Topliss-reactive ketones (excluding diaryl/α,β-unsaturated/α-hetero) is 1. The van der Waals surface area contributed by atoms with Crippen molar-refractivity contribution in [2.45, 2.75) is 10.9 Å². The van der Waals surface area contributed by atoms with Crippen molar-refractivity contribution in [3.63, 3.8) is 0 Å². The number of likely N-dealkylation sites (tertiary alicyclic amines) is 1. The molecule has 176 valence electrons. The lowest BCUT2D eigenvalue weighted by molar-refractivity contribution is -0.140. The highest BCUT2D eigenvalue weighted by molar-refractivity contribution is 7.89. The van der Waals surface area contributed by atoms with Gasteiger partial charge in [0.2, 0.25) is 10.0 Å². The molecule has 1 N–H and O–H groups in total.